The minimum atomic E-state index is 0. The van der Waals surface area contributed by atoms with Gasteiger partial charge < -0.3 is 16.4 Å². The third kappa shape index (κ3) is 10.2. The first kappa shape index (κ1) is 22.4. The molecule has 5 nitrogen and oxygen atoms in total. The summed E-state index contributed by atoms with van der Waals surface area (Å²) in [6.07, 6.45) is 5.04. The Morgan fingerprint density at radius 1 is 0.917 bits per heavy atom. The molecule has 24 heavy (non-hydrogen) atoms. The van der Waals surface area contributed by atoms with E-state index in [1.165, 1.54) is 0 Å². The Morgan fingerprint density at radius 2 is 1.42 bits per heavy atom. The molecule has 0 atom stereocenters. The number of carbonyl (C=O) groups is 2. The molecule has 1 rings (SSSR count). The fraction of sp³-hybridized carbons (Fsp3) is 0.556. The van der Waals surface area contributed by atoms with Crippen LogP contribution in [0.25, 0.3) is 0 Å². The lowest BCUT2D eigenvalue weighted by molar-refractivity contribution is -0.117. The molecule has 0 saturated carbocycles. The number of anilines is 2. The van der Waals surface area contributed by atoms with Crippen molar-refractivity contribution in [2.75, 3.05) is 17.2 Å². The van der Waals surface area contributed by atoms with Crippen LogP contribution >= 0.6 is 12.4 Å². The van der Waals surface area contributed by atoms with E-state index < -0.39 is 0 Å². The van der Waals surface area contributed by atoms with E-state index in [0.29, 0.717) is 25.3 Å². The van der Waals surface area contributed by atoms with Gasteiger partial charge in [-0.2, -0.15) is 0 Å². The number of amides is 2. The Kier molecular flexibility index (Phi) is 11.9. The molecule has 6 heteroatoms. The third-order valence-corrected chi connectivity index (χ3v) is 3.40. The van der Waals surface area contributed by atoms with Gasteiger partial charge in [0, 0.05) is 24.2 Å². The molecule has 0 bridgehead atoms. The van der Waals surface area contributed by atoms with Crippen molar-refractivity contribution < 1.29 is 9.59 Å². The predicted molar refractivity (Wildman–Crippen MR) is 103 cm³/mol. The summed E-state index contributed by atoms with van der Waals surface area (Å²) in [5.74, 6) is 0.363. The molecule has 0 aliphatic rings. The molecule has 0 saturated heterocycles. The molecule has 0 fully saturated rings. The zero-order chi connectivity index (χ0) is 17.1. The first-order valence-corrected chi connectivity index (χ1v) is 8.41. The fourth-order valence-electron chi connectivity index (χ4n) is 2.23. The summed E-state index contributed by atoms with van der Waals surface area (Å²) in [5, 5.41) is 5.72. The van der Waals surface area contributed by atoms with Gasteiger partial charge in [-0.25, -0.2) is 0 Å². The van der Waals surface area contributed by atoms with Crippen LogP contribution in [0, 0.1) is 5.92 Å². The van der Waals surface area contributed by atoms with Crippen molar-refractivity contribution in [2.45, 2.75) is 52.4 Å². The summed E-state index contributed by atoms with van der Waals surface area (Å²) >= 11 is 0. The van der Waals surface area contributed by atoms with Crippen molar-refractivity contribution in [1.82, 2.24) is 0 Å². The summed E-state index contributed by atoms with van der Waals surface area (Å²) in [7, 11) is 0. The summed E-state index contributed by atoms with van der Waals surface area (Å²) in [6, 6.07) is 7.21. The van der Waals surface area contributed by atoms with E-state index in [1.54, 1.807) is 24.3 Å². The number of halogens is 1. The largest absolute Gasteiger partial charge is 0.330 e. The van der Waals surface area contributed by atoms with Crippen LogP contribution in [0.15, 0.2) is 24.3 Å². The zero-order valence-corrected chi connectivity index (χ0v) is 15.5. The van der Waals surface area contributed by atoms with E-state index in [-0.39, 0.29) is 24.2 Å². The number of rotatable bonds is 10. The van der Waals surface area contributed by atoms with Gasteiger partial charge >= 0.3 is 0 Å². The molecular formula is C18H30ClN3O2. The Morgan fingerprint density at radius 3 is 1.92 bits per heavy atom. The quantitative estimate of drug-likeness (QED) is 0.556. The van der Waals surface area contributed by atoms with Gasteiger partial charge in [-0.3, -0.25) is 9.59 Å². The molecule has 4 N–H and O–H groups in total. The molecule has 0 aliphatic carbocycles. The highest BCUT2D eigenvalue weighted by molar-refractivity contribution is 5.92. The number of nitrogens with two attached hydrogens (primary N) is 1. The number of hydrogen-bond donors (Lipinski definition) is 3. The third-order valence-electron chi connectivity index (χ3n) is 3.40. The van der Waals surface area contributed by atoms with Crippen molar-refractivity contribution in [1.29, 1.82) is 0 Å². The van der Waals surface area contributed by atoms with Crippen molar-refractivity contribution in [2.24, 2.45) is 11.7 Å². The van der Waals surface area contributed by atoms with Crippen molar-refractivity contribution in [3.05, 3.63) is 24.3 Å². The number of carbonyl (C=O) groups excluding carboxylic acids is 2. The van der Waals surface area contributed by atoms with Gasteiger partial charge in [-0.15, -0.1) is 12.4 Å². The molecular weight excluding hydrogens is 326 g/mol. The normalized spacial score (nSPS) is 10.2. The summed E-state index contributed by atoms with van der Waals surface area (Å²) in [4.78, 5) is 23.5. The topological polar surface area (TPSA) is 84.2 Å². The Hall–Kier alpha value is -1.59. The smallest absolute Gasteiger partial charge is 0.224 e. The molecule has 0 unspecified atom stereocenters. The Labute approximate surface area is 151 Å². The second kappa shape index (κ2) is 12.8. The average Bonchev–Trinajstić information content (AvgIpc) is 2.48. The maximum absolute atomic E-state index is 11.8. The van der Waals surface area contributed by atoms with Crippen molar-refractivity contribution in [3.8, 4) is 0 Å². The highest BCUT2D eigenvalue weighted by atomic mass is 35.5. The molecule has 0 heterocycles. The molecule has 0 radical (unpaired) electrons. The van der Waals surface area contributed by atoms with E-state index in [1.807, 2.05) is 13.8 Å². The summed E-state index contributed by atoms with van der Waals surface area (Å²) < 4.78 is 0. The lowest BCUT2D eigenvalue weighted by Gasteiger charge is -2.09. The van der Waals surface area contributed by atoms with E-state index in [4.69, 9.17) is 5.73 Å². The Balaban J connectivity index is 0.00000529. The summed E-state index contributed by atoms with van der Waals surface area (Å²) in [5.41, 5.74) is 6.93. The van der Waals surface area contributed by atoms with Gasteiger partial charge in [0.25, 0.3) is 0 Å². The van der Waals surface area contributed by atoms with Crippen LogP contribution in [0.2, 0.25) is 0 Å². The van der Waals surface area contributed by atoms with Gasteiger partial charge in [0.05, 0.1) is 0 Å². The first-order chi connectivity index (χ1) is 11.0. The number of unbranched alkanes of at least 4 members (excludes halogenated alkanes) is 3. The van der Waals surface area contributed by atoms with Gasteiger partial charge in [-0.1, -0.05) is 26.7 Å². The monoisotopic (exact) mass is 355 g/mol. The second-order valence-electron chi connectivity index (χ2n) is 6.22. The predicted octanol–water partition coefficient (Wildman–Crippen LogP) is 3.94. The van der Waals surface area contributed by atoms with Crippen LogP contribution in [0.5, 0.6) is 0 Å². The average molecular weight is 356 g/mol. The lowest BCUT2D eigenvalue weighted by Crippen LogP contribution is -2.14. The standard InChI is InChI=1S/C18H29N3O2.ClH/c1-14(2)13-18(23)21-16-10-8-15(9-11-16)20-17(22)7-5-3-4-6-12-19;/h8-11,14H,3-7,12-13,19H2,1-2H3,(H,20,22)(H,21,23);1H. The van der Waals surface area contributed by atoms with E-state index in [9.17, 15) is 9.59 Å². The number of hydrogen-bond acceptors (Lipinski definition) is 3. The lowest BCUT2D eigenvalue weighted by atomic mass is 10.1. The van der Waals surface area contributed by atoms with Crippen LogP contribution in [0.4, 0.5) is 11.4 Å². The highest BCUT2D eigenvalue weighted by Gasteiger charge is 2.06. The van der Waals surface area contributed by atoms with Crippen LogP contribution in [0.1, 0.15) is 52.4 Å². The maximum Gasteiger partial charge on any atom is 0.224 e. The summed E-state index contributed by atoms with van der Waals surface area (Å²) in [6.45, 7) is 4.73. The van der Waals surface area contributed by atoms with E-state index in [0.717, 1.165) is 37.1 Å². The minimum absolute atomic E-state index is 0. The van der Waals surface area contributed by atoms with Gasteiger partial charge in [0.15, 0.2) is 0 Å². The van der Waals surface area contributed by atoms with Crippen molar-refractivity contribution >= 4 is 35.6 Å². The SMILES string of the molecule is CC(C)CC(=O)Nc1ccc(NC(=O)CCCCCCN)cc1.Cl. The second-order valence-corrected chi connectivity index (χ2v) is 6.22. The van der Waals surface area contributed by atoms with Crippen LogP contribution in [0.3, 0.4) is 0 Å². The van der Waals surface area contributed by atoms with Crippen molar-refractivity contribution in [3.63, 3.8) is 0 Å². The fourth-order valence-corrected chi connectivity index (χ4v) is 2.23. The Bertz CT molecular complexity index is 490. The minimum Gasteiger partial charge on any atom is -0.330 e. The van der Waals surface area contributed by atoms with Crippen LogP contribution in [-0.2, 0) is 9.59 Å². The zero-order valence-electron chi connectivity index (χ0n) is 14.6. The molecule has 0 aliphatic heterocycles. The van der Waals surface area contributed by atoms with Crippen LogP contribution in [-0.4, -0.2) is 18.4 Å². The maximum atomic E-state index is 11.8. The molecule has 2 amide bonds. The molecule has 1 aromatic carbocycles. The highest BCUT2D eigenvalue weighted by Crippen LogP contribution is 2.15. The molecule has 0 spiro atoms. The van der Waals surface area contributed by atoms with E-state index >= 15 is 0 Å². The van der Waals surface area contributed by atoms with Gasteiger partial charge in [0.1, 0.15) is 0 Å². The molecule has 1 aromatic rings. The molecule has 136 valence electrons. The van der Waals surface area contributed by atoms with Crippen LogP contribution < -0.4 is 16.4 Å². The van der Waals surface area contributed by atoms with Gasteiger partial charge in [0.2, 0.25) is 11.8 Å². The first-order valence-electron chi connectivity index (χ1n) is 8.41. The van der Waals surface area contributed by atoms with Gasteiger partial charge in [-0.05, 0) is 49.6 Å². The number of nitrogens with one attached hydrogen (secondary N) is 2. The number of benzene rings is 1. The molecule has 0 aromatic heterocycles. The van der Waals surface area contributed by atoms with E-state index in [2.05, 4.69) is 10.6 Å².